The fraction of sp³-hybridized carbons (Fsp3) is 0. The number of hydrogen-bond acceptors (Lipinski definition) is 3. The van der Waals surface area contributed by atoms with Crippen LogP contribution in [-0.2, 0) is 0 Å². The average molecular weight is 292 g/mol. The molecule has 0 unspecified atom stereocenters. The predicted octanol–water partition coefficient (Wildman–Crippen LogP) is 4.11. The van der Waals surface area contributed by atoms with Gasteiger partial charge in [-0.15, -0.1) is 0 Å². The molecule has 0 aromatic heterocycles. The molecule has 0 aliphatic rings. The first kappa shape index (κ1) is 15.3. The van der Waals surface area contributed by atoms with Gasteiger partial charge >= 0.3 is 0 Å². The van der Waals surface area contributed by atoms with Gasteiger partial charge in [-0.25, -0.2) is 0 Å². The minimum atomic E-state index is -0.118. The van der Waals surface area contributed by atoms with Crippen molar-refractivity contribution in [1.82, 2.24) is 0 Å². The Hall–Kier alpha value is -3.07. The summed E-state index contributed by atoms with van der Waals surface area (Å²) >= 11 is 0. The SMILES string of the molecule is O=C(C=CC=CC=Cc1ccc(O)cc1)c1ccc(O)cc1. The van der Waals surface area contributed by atoms with Crippen molar-refractivity contribution in [3.8, 4) is 11.5 Å². The summed E-state index contributed by atoms with van der Waals surface area (Å²) in [7, 11) is 0. The van der Waals surface area contributed by atoms with E-state index < -0.39 is 0 Å². The Balaban J connectivity index is 1.87. The second kappa shape index (κ2) is 7.64. The van der Waals surface area contributed by atoms with Crippen molar-refractivity contribution < 1.29 is 15.0 Å². The molecule has 0 heterocycles. The molecule has 2 N–H and O–H groups in total. The number of phenols is 2. The highest BCUT2D eigenvalue weighted by Gasteiger charge is 1.99. The average Bonchev–Trinajstić information content (AvgIpc) is 2.53. The Kier molecular flexibility index (Phi) is 5.32. The smallest absolute Gasteiger partial charge is 0.185 e. The monoisotopic (exact) mass is 292 g/mol. The van der Waals surface area contributed by atoms with E-state index in [1.54, 1.807) is 36.4 Å². The second-order valence-electron chi connectivity index (χ2n) is 4.61. The number of rotatable bonds is 5. The molecule has 2 aromatic rings. The van der Waals surface area contributed by atoms with Crippen LogP contribution in [0, 0.1) is 0 Å². The lowest BCUT2D eigenvalue weighted by atomic mass is 10.1. The highest BCUT2D eigenvalue weighted by Crippen LogP contribution is 2.11. The summed E-state index contributed by atoms with van der Waals surface area (Å²) in [5, 5.41) is 18.3. The van der Waals surface area contributed by atoms with Crippen LogP contribution in [0.15, 0.2) is 78.9 Å². The van der Waals surface area contributed by atoms with Crippen LogP contribution in [0.5, 0.6) is 11.5 Å². The molecule has 0 fully saturated rings. The van der Waals surface area contributed by atoms with Crippen molar-refractivity contribution in [3.63, 3.8) is 0 Å². The third-order valence-corrected chi connectivity index (χ3v) is 2.91. The molecule has 3 nitrogen and oxygen atoms in total. The summed E-state index contributed by atoms with van der Waals surface area (Å²) in [5.41, 5.74) is 1.51. The van der Waals surface area contributed by atoms with Gasteiger partial charge in [0.25, 0.3) is 0 Å². The summed E-state index contributed by atoms with van der Waals surface area (Å²) in [6.45, 7) is 0. The summed E-state index contributed by atoms with van der Waals surface area (Å²) in [4.78, 5) is 11.8. The normalized spacial score (nSPS) is 11.6. The molecule has 110 valence electrons. The molecule has 2 rings (SSSR count). The van der Waals surface area contributed by atoms with E-state index in [9.17, 15) is 4.79 Å². The van der Waals surface area contributed by atoms with Crippen LogP contribution < -0.4 is 0 Å². The van der Waals surface area contributed by atoms with Crippen LogP contribution in [0.1, 0.15) is 15.9 Å². The molecule has 0 amide bonds. The van der Waals surface area contributed by atoms with Crippen molar-refractivity contribution in [1.29, 1.82) is 0 Å². The van der Waals surface area contributed by atoms with Gasteiger partial charge in [0.15, 0.2) is 5.78 Å². The van der Waals surface area contributed by atoms with Crippen LogP contribution in [0.2, 0.25) is 0 Å². The van der Waals surface area contributed by atoms with Gasteiger partial charge in [-0.05, 0) is 48.0 Å². The van der Waals surface area contributed by atoms with E-state index in [0.717, 1.165) is 5.56 Å². The lowest BCUT2D eigenvalue weighted by Crippen LogP contribution is -1.92. The predicted molar refractivity (Wildman–Crippen MR) is 87.9 cm³/mol. The standard InChI is InChI=1S/C19H16O3/c20-17-11-7-15(8-12-17)5-3-1-2-4-6-19(22)16-9-13-18(21)14-10-16/h1-14,20-21H. The number of ketones is 1. The van der Waals surface area contributed by atoms with Crippen LogP contribution in [-0.4, -0.2) is 16.0 Å². The molecule has 2 aromatic carbocycles. The molecule has 0 radical (unpaired) electrons. The summed E-state index contributed by atoms with van der Waals surface area (Å²) < 4.78 is 0. The Bertz CT molecular complexity index is 705. The second-order valence-corrected chi connectivity index (χ2v) is 4.61. The van der Waals surface area contributed by atoms with Gasteiger partial charge < -0.3 is 10.2 Å². The Morgan fingerprint density at radius 2 is 1.27 bits per heavy atom. The molecular formula is C19H16O3. The highest BCUT2D eigenvalue weighted by molar-refractivity contribution is 6.04. The van der Waals surface area contributed by atoms with E-state index in [1.807, 2.05) is 30.4 Å². The van der Waals surface area contributed by atoms with E-state index in [0.29, 0.717) is 5.56 Å². The Labute approximate surface area is 129 Å². The zero-order valence-electron chi connectivity index (χ0n) is 11.9. The first-order valence-corrected chi connectivity index (χ1v) is 6.79. The van der Waals surface area contributed by atoms with Crippen LogP contribution in [0.4, 0.5) is 0 Å². The summed E-state index contributed by atoms with van der Waals surface area (Å²) in [5.74, 6) is 0.260. The Morgan fingerprint density at radius 3 is 1.91 bits per heavy atom. The van der Waals surface area contributed by atoms with Crippen LogP contribution in [0.3, 0.4) is 0 Å². The van der Waals surface area contributed by atoms with Gasteiger partial charge in [0.2, 0.25) is 0 Å². The molecule has 0 aliphatic heterocycles. The molecule has 0 atom stereocenters. The summed E-state index contributed by atoms with van der Waals surface area (Å²) in [6.07, 6.45) is 10.4. The maximum atomic E-state index is 11.8. The number of benzene rings is 2. The van der Waals surface area contributed by atoms with Gasteiger partial charge in [-0.3, -0.25) is 4.79 Å². The fourth-order valence-corrected chi connectivity index (χ4v) is 1.75. The molecule has 0 spiro atoms. The van der Waals surface area contributed by atoms with Crippen molar-refractivity contribution in [2.24, 2.45) is 0 Å². The third kappa shape index (κ3) is 4.80. The minimum Gasteiger partial charge on any atom is -0.508 e. The molecule has 22 heavy (non-hydrogen) atoms. The molecular weight excluding hydrogens is 276 g/mol. The lowest BCUT2D eigenvalue weighted by molar-refractivity contribution is 0.104. The zero-order valence-corrected chi connectivity index (χ0v) is 11.9. The topological polar surface area (TPSA) is 57.5 Å². The largest absolute Gasteiger partial charge is 0.508 e. The number of carbonyl (C=O) groups excluding carboxylic acids is 1. The minimum absolute atomic E-state index is 0.118. The Morgan fingerprint density at radius 1 is 0.727 bits per heavy atom. The van der Waals surface area contributed by atoms with Crippen LogP contribution in [0.25, 0.3) is 6.08 Å². The molecule has 0 saturated carbocycles. The van der Waals surface area contributed by atoms with Gasteiger partial charge in [-0.1, -0.05) is 42.5 Å². The van der Waals surface area contributed by atoms with E-state index >= 15 is 0 Å². The maximum Gasteiger partial charge on any atom is 0.185 e. The number of aromatic hydroxyl groups is 2. The first-order valence-electron chi connectivity index (χ1n) is 6.79. The number of allylic oxidation sites excluding steroid dienone is 5. The van der Waals surface area contributed by atoms with Gasteiger partial charge in [-0.2, -0.15) is 0 Å². The van der Waals surface area contributed by atoms with Crippen molar-refractivity contribution in [3.05, 3.63) is 90.0 Å². The third-order valence-electron chi connectivity index (χ3n) is 2.91. The van der Waals surface area contributed by atoms with E-state index in [-0.39, 0.29) is 17.3 Å². The van der Waals surface area contributed by atoms with E-state index in [4.69, 9.17) is 10.2 Å². The molecule has 0 bridgehead atoms. The lowest BCUT2D eigenvalue weighted by Gasteiger charge is -1.95. The van der Waals surface area contributed by atoms with E-state index in [1.165, 1.54) is 18.2 Å². The number of phenolic OH excluding ortho intramolecular Hbond substituents is 2. The van der Waals surface area contributed by atoms with Crippen molar-refractivity contribution in [2.45, 2.75) is 0 Å². The molecule has 3 heteroatoms. The number of hydrogen-bond donors (Lipinski definition) is 2. The van der Waals surface area contributed by atoms with Crippen molar-refractivity contribution in [2.75, 3.05) is 0 Å². The van der Waals surface area contributed by atoms with Gasteiger partial charge in [0, 0.05) is 5.56 Å². The van der Waals surface area contributed by atoms with Gasteiger partial charge in [0.05, 0.1) is 0 Å². The van der Waals surface area contributed by atoms with Crippen LogP contribution >= 0.6 is 0 Å². The summed E-state index contributed by atoms with van der Waals surface area (Å²) in [6, 6.07) is 13.0. The number of carbonyl (C=O) groups is 1. The van der Waals surface area contributed by atoms with Crippen molar-refractivity contribution >= 4 is 11.9 Å². The molecule has 0 saturated heterocycles. The van der Waals surface area contributed by atoms with Gasteiger partial charge in [0.1, 0.15) is 11.5 Å². The fourth-order valence-electron chi connectivity index (χ4n) is 1.75. The molecule has 0 aliphatic carbocycles. The quantitative estimate of drug-likeness (QED) is 0.495. The zero-order chi connectivity index (χ0) is 15.8. The van der Waals surface area contributed by atoms with E-state index in [2.05, 4.69) is 0 Å². The first-order chi connectivity index (χ1) is 10.6. The highest BCUT2D eigenvalue weighted by atomic mass is 16.3. The maximum absolute atomic E-state index is 11.8.